The van der Waals surface area contributed by atoms with E-state index in [1.165, 1.54) is 17.2 Å². The first kappa shape index (κ1) is 9.71. The highest BCUT2D eigenvalue weighted by molar-refractivity contribution is 5.20. The minimum Gasteiger partial charge on any atom is -0.335 e. The van der Waals surface area contributed by atoms with Crippen molar-refractivity contribution in [1.82, 2.24) is 14.9 Å². The molecular formula is C11H19N3. The summed E-state index contributed by atoms with van der Waals surface area (Å²) in [5.74, 6) is 1.76. The second kappa shape index (κ2) is 3.73. The smallest absolute Gasteiger partial charge is 0.111 e. The van der Waals surface area contributed by atoms with E-state index in [-0.39, 0.29) is 0 Å². The molecule has 14 heavy (non-hydrogen) atoms. The zero-order valence-electron chi connectivity index (χ0n) is 9.30. The van der Waals surface area contributed by atoms with Crippen molar-refractivity contribution in [3.63, 3.8) is 0 Å². The van der Waals surface area contributed by atoms with Gasteiger partial charge in [0.25, 0.3) is 0 Å². The number of hydrogen-bond acceptors (Lipinski definition) is 2. The Balaban J connectivity index is 2.40. The Morgan fingerprint density at radius 3 is 2.71 bits per heavy atom. The molecule has 0 spiro atoms. The maximum atomic E-state index is 4.73. The summed E-state index contributed by atoms with van der Waals surface area (Å²) in [5, 5.41) is 3.40. The molecular weight excluding hydrogens is 174 g/mol. The molecule has 0 aliphatic carbocycles. The van der Waals surface area contributed by atoms with Gasteiger partial charge in [0.1, 0.15) is 5.82 Å². The lowest BCUT2D eigenvalue weighted by atomic mass is 10.2. The van der Waals surface area contributed by atoms with Gasteiger partial charge < -0.3 is 9.88 Å². The van der Waals surface area contributed by atoms with Gasteiger partial charge in [0, 0.05) is 44.6 Å². The van der Waals surface area contributed by atoms with Gasteiger partial charge in [0.15, 0.2) is 0 Å². The van der Waals surface area contributed by atoms with Crippen LogP contribution in [0.1, 0.15) is 37.0 Å². The van der Waals surface area contributed by atoms with E-state index >= 15 is 0 Å². The van der Waals surface area contributed by atoms with Crippen LogP contribution in [0.3, 0.4) is 0 Å². The van der Waals surface area contributed by atoms with E-state index in [9.17, 15) is 0 Å². The number of rotatable bonds is 1. The van der Waals surface area contributed by atoms with Gasteiger partial charge in [-0.25, -0.2) is 4.98 Å². The number of fused-ring (bicyclic) bond motifs is 1. The fraction of sp³-hybridized carbons (Fsp3) is 0.727. The van der Waals surface area contributed by atoms with Crippen LogP contribution in [0.5, 0.6) is 0 Å². The molecule has 0 unspecified atom stereocenters. The van der Waals surface area contributed by atoms with Gasteiger partial charge in [-0.15, -0.1) is 0 Å². The first-order chi connectivity index (χ1) is 6.70. The number of nitrogens with one attached hydrogen (secondary N) is 1. The van der Waals surface area contributed by atoms with E-state index in [2.05, 4.69) is 30.8 Å². The molecule has 3 nitrogen and oxygen atoms in total. The minimum absolute atomic E-state index is 0.528. The van der Waals surface area contributed by atoms with E-state index < -0.39 is 0 Å². The van der Waals surface area contributed by atoms with Crippen LogP contribution in [0.25, 0.3) is 0 Å². The molecule has 0 saturated heterocycles. The summed E-state index contributed by atoms with van der Waals surface area (Å²) >= 11 is 0. The molecule has 1 aromatic heterocycles. The van der Waals surface area contributed by atoms with Crippen LogP contribution in [-0.2, 0) is 19.9 Å². The van der Waals surface area contributed by atoms with Gasteiger partial charge in [0.2, 0.25) is 0 Å². The zero-order chi connectivity index (χ0) is 10.1. The molecule has 1 N–H and O–H groups in total. The Kier molecular flexibility index (Phi) is 2.59. The molecule has 78 valence electrons. The van der Waals surface area contributed by atoms with Crippen molar-refractivity contribution in [2.24, 2.45) is 7.05 Å². The van der Waals surface area contributed by atoms with Crippen LogP contribution in [0, 0.1) is 0 Å². The first-order valence-electron chi connectivity index (χ1n) is 5.45. The predicted molar refractivity (Wildman–Crippen MR) is 57.6 cm³/mol. The number of nitrogens with zero attached hydrogens (tertiary/aromatic N) is 2. The molecule has 1 aromatic rings. The second-order valence-corrected chi connectivity index (χ2v) is 4.33. The van der Waals surface area contributed by atoms with E-state index in [0.29, 0.717) is 5.92 Å². The summed E-state index contributed by atoms with van der Waals surface area (Å²) in [6.45, 7) is 6.57. The summed E-state index contributed by atoms with van der Waals surface area (Å²) in [6, 6.07) is 0. The Labute approximate surface area is 85.5 Å². The maximum Gasteiger partial charge on any atom is 0.111 e. The Morgan fingerprint density at radius 1 is 1.29 bits per heavy atom. The molecule has 0 fully saturated rings. The van der Waals surface area contributed by atoms with Crippen molar-refractivity contribution in [2.75, 3.05) is 13.1 Å². The number of imidazole rings is 1. The van der Waals surface area contributed by atoms with Gasteiger partial charge in [-0.2, -0.15) is 0 Å². The molecule has 0 aromatic carbocycles. The highest BCUT2D eigenvalue weighted by atomic mass is 15.1. The highest BCUT2D eigenvalue weighted by Gasteiger charge is 2.17. The third-order valence-electron chi connectivity index (χ3n) is 2.92. The fourth-order valence-corrected chi connectivity index (χ4v) is 2.18. The van der Waals surface area contributed by atoms with Gasteiger partial charge >= 0.3 is 0 Å². The minimum atomic E-state index is 0.528. The normalized spacial score (nSPS) is 16.9. The van der Waals surface area contributed by atoms with Crippen molar-refractivity contribution in [3.8, 4) is 0 Å². The summed E-state index contributed by atoms with van der Waals surface area (Å²) < 4.78 is 2.28. The lowest BCUT2D eigenvalue weighted by Gasteiger charge is -2.07. The highest BCUT2D eigenvalue weighted by Crippen LogP contribution is 2.19. The molecule has 0 amide bonds. The SMILES string of the molecule is CC(C)c1nc2c(n1C)CCNCC2. The van der Waals surface area contributed by atoms with Gasteiger partial charge in [-0.05, 0) is 0 Å². The molecule has 3 heteroatoms. The van der Waals surface area contributed by atoms with Gasteiger partial charge in [-0.1, -0.05) is 13.8 Å². The average Bonchev–Trinajstić information content (AvgIpc) is 2.37. The van der Waals surface area contributed by atoms with Crippen LogP contribution in [-0.4, -0.2) is 22.6 Å². The Hall–Kier alpha value is -0.830. The molecule has 0 radical (unpaired) electrons. The lowest BCUT2D eigenvalue weighted by Crippen LogP contribution is -2.17. The second-order valence-electron chi connectivity index (χ2n) is 4.33. The molecule has 1 aliphatic rings. The fourth-order valence-electron chi connectivity index (χ4n) is 2.18. The van der Waals surface area contributed by atoms with E-state index in [4.69, 9.17) is 4.98 Å². The van der Waals surface area contributed by atoms with Crippen LogP contribution >= 0.6 is 0 Å². The summed E-state index contributed by atoms with van der Waals surface area (Å²) in [6.07, 6.45) is 2.20. The van der Waals surface area contributed by atoms with E-state index in [1.54, 1.807) is 0 Å². The number of hydrogen-bond donors (Lipinski definition) is 1. The van der Waals surface area contributed by atoms with Crippen molar-refractivity contribution < 1.29 is 0 Å². The van der Waals surface area contributed by atoms with Crippen LogP contribution in [0.15, 0.2) is 0 Å². The van der Waals surface area contributed by atoms with Crippen molar-refractivity contribution in [3.05, 3.63) is 17.2 Å². The van der Waals surface area contributed by atoms with Crippen molar-refractivity contribution in [1.29, 1.82) is 0 Å². The monoisotopic (exact) mass is 193 g/mol. The van der Waals surface area contributed by atoms with Crippen molar-refractivity contribution in [2.45, 2.75) is 32.6 Å². The van der Waals surface area contributed by atoms with E-state index in [0.717, 1.165) is 25.9 Å². The van der Waals surface area contributed by atoms with Gasteiger partial charge in [0.05, 0.1) is 5.69 Å². The van der Waals surface area contributed by atoms with Gasteiger partial charge in [-0.3, -0.25) is 0 Å². The third-order valence-corrected chi connectivity index (χ3v) is 2.92. The van der Waals surface area contributed by atoms with Crippen molar-refractivity contribution >= 4 is 0 Å². The van der Waals surface area contributed by atoms with Crippen LogP contribution in [0.2, 0.25) is 0 Å². The van der Waals surface area contributed by atoms with E-state index in [1.807, 2.05) is 0 Å². The summed E-state index contributed by atoms with van der Waals surface area (Å²) in [5.41, 5.74) is 2.74. The number of aromatic nitrogens is 2. The largest absolute Gasteiger partial charge is 0.335 e. The van der Waals surface area contributed by atoms with Crippen LogP contribution in [0.4, 0.5) is 0 Å². The first-order valence-corrected chi connectivity index (χ1v) is 5.45. The zero-order valence-corrected chi connectivity index (χ0v) is 9.30. The molecule has 2 heterocycles. The summed E-state index contributed by atoms with van der Waals surface area (Å²) in [7, 11) is 2.15. The quantitative estimate of drug-likeness (QED) is 0.727. The van der Waals surface area contributed by atoms with Crippen LogP contribution < -0.4 is 5.32 Å². The molecule has 0 atom stereocenters. The third kappa shape index (κ3) is 1.57. The Bertz CT molecular complexity index is 326. The molecule has 0 bridgehead atoms. The standard InChI is InChI=1S/C11H19N3/c1-8(2)11-13-9-4-6-12-7-5-10(9)14(11)3/h8,12H,4-7H2,1-3H3. The Morgan fingerprint density at radius 2 is 2.00 bits per heavy atom. The summed E-state index contributed by atoms with van der Waals surface area (Å²) in [4.78, 5) is 4.73. The predicted octanol–water partition coefficient (Wildman–Crippen LogP) is 1.23. The average molecular weight is 193 g/mol. The topological polar surface area (TPSA) is 29.9 Å². The lowest BCUT2D eigenvalue weighted by molar-refractivity contribution is 0.656. The molecule has 1 aliphatic heterocycles. The maximum absolute atomic E-state index is 4.73. The molecule has 0 saturated carbocycles. The molecule has 2 rings (SSSR count).